The quantitative estimate of drug-likeness (QED) is 0.337. The third kappa shape index (κ3) is 9.50. The fraction of sp³-hybridized carbons (Fsp3) is 0.643. The molecule has 0 N–H and O–H groups in total. The Hall–Kier alpha value is -1.05. The van der Waals surface area contributed by atoms with Gasteiger partial charge in [-0.1, -0.05) is 37.5 Å². The third-order valence-electron chi connectivity index (χ3n) is 2.48. The van der Waals surface area contributed by atoms with Crippen molar-refractivity contribution in [3.63, 3.8) is 0 Å². The summed E-state index contributed by atoms with van der Waals surface area (Å²) in [4.78, 5) is 10.5. The van der Waals surface area contributed by atoms with Gasteiger partial charge in [0.05, 0.1) is 6.61 Å². The molecule has 0 aromatic rings. The highest BCUT2D eigenvalue weighted by molar-refractivity contribution is 5.65. The molecule has 0 rings (SSSR count). The number of carbonyl (C=O) groups is 1. The van der Waals surface area contributed by atoms with Crippen LogP contribution in [0.1, 0.15) is 46.0 Å². The second kappa shape index (κ2) is 10.5. The fourth-order valence-electron chi connectivity index (χ4n) is 1.59. The van der Waals surface area contributed by atoms with Crippen LogP contribution in [0.3, 0.4) is 0 Å². The number of unbranched alkanes of at least 4 members (excludes halogenated alkanes) is 3. The van der Waals surface area contributed by atoms with Gasteiger partial charge in [0.1, 0.15) is 0 Å². The normalized spacial score (nSPS) is 12.6. The van der Waals surface area contributed by atoms with Gasteiger partial charge in [0, 0.05) is 6.92 Å². The van der Waals surface area contributed by atoms with Crippen LogP contribution in [-0.2, 0) is 9.53 Å². The molecule has 1 atom stereocenters. The lowest BCUT2D eigenvalue weighted by atomic mass is 10.0. The minimum atomic E-state index is -0.181. The summed E-state index contributed by atoms with van der Waals surface area (Å²) < 4.78 is 4.86. The maximum atomic E-state index is 10.5. The molecule has 0 radical (unpaired) electrons. The fourth-order valence-corrected chi connectivity index (χ4v) is 1.59. The first kappa shape index (κ1) is 14.9. The van der Waals surface area contributed by atoms with Crippen molar-refractivity contribution in [1.29, 1.82) is 0 Å². The Labute approximate surface area is 99.4 Å². The number of ether oxygens (including phenoxy) is 1. The van der Waals surface area contributed by atoms with Gasteiger partial charge in [-0.3, -0.25) is 4.79 Å². The summed E-state index contributed by atoms with van der Waals surface area (Å²) in [6.45, 7) is 7.87. The molecule has 16 heavy (non-hydrogen) atoms. The van der Waals surface area contributed by atoms with E-state index < -0.39 is 0 Å². The van der Waals surface area contributed by atoms with Gasteiger partial charge in [-0.2, -0.15) is 0 Å². The van der Waals surface area contributed by atoms with E-state index >= 15 is 0 Å². The lowest BCUT2D eigenvalue weighted by Crippen LogP contribution is -2.00. The van der Waals surface area contributed by atoms with E-state index in [1.807, 2.05) is 13.0 Å². The predicted octanol–water partition coefficient (Wildman–Crippen LogP) is 3.88. The minimum absolute atomic E-state index is 0.181. The van der Waals surface area contributed by atoms with Crippen molar-refractivity contribution in [3.8, 4) is 0 Å². The van der Waals surface area contributed by atoms with Gasteiger partial charge in [0.25, 0.3) is 0 Å². The second-order valence-electron chi connectivity index (χ2n) is 3.97. The highest BCUT2D eigenvalue weighted by Crippen LogP contribution is 2.13. The smallest absolute Gasteiger partial charge is 0.302 e. The van der Waals surface area contributed by atoms with Crippen molar-refractivity contribution in [3.05, 3.63) is 24.8 Å². The Morgan fingerprint density at radius 3 is 2.56 bits per heavy atom. The summed E-state index contributed by atoms with van der Waals surface area (Å²) in [5.74, 6) is 0.332. The second-order valence-corrected chi connectivity index (χ2v) is 3.97. The number of hydrogen-bond donors (Lipinski definition) is 0. The average Bonchev–Trinajstić information content (AvgIpc) is 2.26. The van der Waals surface area contributed by atoms with Crippen molar-refractivity contribution in [2.75, 3.05) is 6.61 Å². The number of rotatable bonds is 9. The molecular weight excluding hydrogens is 200 g/mol. The van der Waals surface area contributed by atoms with Crippen LogP contribution in [0.4, 0.5) is 0 Å². The van der Waals surface area contributed by atoms with Crippen LogP contribution in [0.15, 0.2) is 24.8 Å². The van der Waals surface area contributed by atoms with Crippen LogP contribution in [0.25, 0.3) is 0 Å². The minimum Gasteiger partial charge on any atom is -0.466 e. The molecule has 0 saturated carbocycles. The van der Waals surface area contributed by atoms with E-state index in [4.69, 9.17) is 4.74 Å². The molecule has 0 aliphatic carbocycles. The molecule has 0 fully saturated rings. The first-order valence-corrected chi connectivity index (χ1v) is 6.09. The molecule has 0 spiro atoms. The Bertz CT molecular complexity index is 219. The summed E-state index contributed by atoms with van der Waals surface area (Å²) in [6.07, 6.45) is 11.9. The standard InChI is InChI=1S/C14H24O2/c1-4-10-14(5-2)11-8-6-7-9-12-16-13(3)15/h4-5,10,14H,2,6-9,11-12H2,1,3H3. The maximum Gasteiger partial charge on any atom is 0.302 e. The lowest BCUT2D eigenvalue weighted by Gasteiger charge is -2.06. The van der Waals surface area contributed by atoms with Gasteiger partial charge < -0.3 is 4.74 Å². The van der Waals surface area contributed by atoms with E-state index in [0.717, 1.165) is 12.8 Å². The summed E-state index contributed by atoms with van der Waals surface area (Å²) in [6, 6.07) is 0. The number of carbonyl (C=O) groups excluding carboxylic acids is 1. The summed E-state index contributed by atoms with van der Waals surface area (Å²) >= 11 is 0. The lowest BCUT2D eigenvalue weighted by molar-refractivity contribution is -0.141. The largest absolute Gasteiger partial charge is 0.466 e. The molecule has 1 unspecified atom stereocenters. The summed E-state index contributed by atoms with van der Waals surface area (Å²) in [5, 5.41) is 0. The first-order valence-electron chi connectivity index (χ1n) is 6.09. The molecule has 0 amide bonds. The molecular formula is C14H24O2. The first-order chi connectivity index (χ1) is 7.70. The Kier molecular flexibility index (Phi) is 9.78. The zero-order chi connectivity index (χ0) is 12.2. The van der Waals surface area contributed by atoms with E-state index in [1.165, 1.54) is 26.2 Å². The van der Waals surface area contributed by atoms with Gasteiger partial charge >= 0.3 is 5.97 Å². The predicted molar refractivity (Wildman–Crippen MR) is 68.2 cm³/mol. The Morgan fingerprint density at radius 1 is 1.31 bits per heavy atom. The molecule has 0 aromatic heterocycles. The van der Waals surface area contributed by atoms with Gasteiger partial charge in [-0.25, -0.2) is 0 Å². The van der Waals surface area contributed by atoms with E-state index in [2.05, 4.69) is 18.7 Å². The zero-order valence-corrected chi connectivity index (χ0v) is 10.6. The van der Waals surface area contributed by atoms with Crippen molar-refractivity contribution < 1.29 is 9.53 Å². The van der Waals surface area contributed by atoms with Crippen molar-refractivity contribution >= 4 is 5.97 Å². The Balaban J connectivity index is 3.32. The molecule has 0 bridgehead atoms. The summed E-state index contributed by atoms with van der Waals surface area (Å²) in [7, 11) is 0. The summed E-state index contributed by atoms with van der Waals surface area (Å²) in [5.41, 5.74) is 0. The molecule has 0 saturated heterocycles. The van der Waals surface area contributed by atoms with E-state index in [0.29, 0.717) is 12.5 Å². The van der Waals surface area contributed by atoms with Crippen LogP contribution in [0.2, 0.25) is 0 Å². The molecule has 2 nitrogen and oxygen atoms in total. The van der Waals surface area contributed by atoms with Crippen molar-refractivity contribution in [2.24, 2.45) is 5.92 Å². The molecule has 2 heteroatoms. The van der Waals surface area contributed by atoms with Gasteiger partial charge in [0.15, 0.2) is 0 Å². The monoisotopic (exact) mass is 224 g/mol. The molecule has 0 aromatic carbocycles. The average molecular weight is 224 g/mol. The highest BCUT2D eigenvalue weighted by atomic mass is 16.5. The van der Waals surface area contributed by atoms with Gasteiger partial charge in [-0.15, -0.1) is 6.58 Å². The number of esters is 1. The van der Waals surface area contributed by atoms with E-state index in [-0.39, 0.29) is 5.97 Å². The SMILES string of the molecule is C=CC(C=CC)CCCCCCOC(C)=O. The molecule has 92 valence electrons. The molecule has 0 aliphatic rings. The molecule has 0 aliphatic heterocycles. The number of allylic oxidation sites excluding steroid dienone is 3. The number of hydrogen-bond acceptors (Lipinski definition) is 2. The van der Waals surface area contributed by atoms with Crippen molar-refractivity contribution in [1.82, 2.24) is 0 Å². The van der Waals surface area contributed by atoms with Gasteiger partial charge in [-0.05, 0) is 25.7 Å². The molecule has 0 heterocycles. The van der Waals surface area contributed by atoms with Gasteiger partial charge in [0.2, 0.25) is 0 Å². The van der Waals surface area contributed by atoms with E-state index in [1.54, 1.807) is 0 Å². The maximum absolute atomic E-state index is 10.5. The van der Waals surface area contributed by atoms with Crippen LogP contribution in [-0.4, -0.2) is 12.6 Å². The van der Waals surface area contributed by atoms with Crippen LogP contribution in [0, 0.1) is 5.92 Å². The van der Waals surface area contributed by atoms with Crippen LogP contribution >= 0.6 is 0 Å². The topological polar surface area (TPSA) is 26.3 Å². The highest BCUT2D eigenvalue weighted by Gasteiger charge is 1.99. The van der Waals surface area contributed by atoms with Crippen LogP contribution < -0.4 is 0 Å². The third-order valence-corrected chi connectivity index (χ3v) is 2.48. The van der Waals surface area contributed by atoms with E-state index in [9.17, 15) is 4.79 Å². The zero-order valence-electron chi connectivity index (χ0n) is 10.6. The Morgan fingerprint density at radius 2 is 2.00 bits per heavy atom. The van der Waals surface area contributed by atoms with Crippen LogP contribution in [0.5, 0.6) is 0 Å². The van der Waals surface area contributed by atoms with Crippen molar-refractivity contribution in [2.45, 2.75) is 46.0 Å².